The summed E-state index contributed by atoms with van der Waals surface area (Å²) in [6, 6.07) is 10.0. The Kier molecular flexibility index (Phi) is 4.54. The lowest BCUT2D eigenvalue weighted by Crippen LogP contribution is -2.23. The average molecular weight is 328 g/mol. The maximum atomic E-state index is 5.78. The van der Waals surface area contributed by atoms with Gasteiger partial charge in [-0.2, -0.15) is 0 Å². The molecular weight excluding hydrogens is 308 g/mol. The third-order valence-corrected chi connectivity index (χ3v) is 4.77. The third-order valence-electron chi connectivity index (χ3n) is 3.87. The molecule has 0 bridgehead atoms. The van der Waals surface area contributed by atoms with Crippen LogP contribution in [0.15, 0.2) is 34.7 Å². The van der Waals surface area contributed by atoms with E-state index < -0.39 is 0 Å². The maximum absolute atomic E-state index is 5.78. The van der Waals surface area contributed by atoms with Gasteiger partial charge in [0, 0.05) is 10.4 Å². The van der Waals surface area contributed by atoms with Gasteiger partial charge in [-0.1, -0.05) is 18.2 Å². The zero-order chi connectivity index (χ0) is 16.4. The third kappa shape index (κ3) is 3.48. The molecule has 0 aliphatic heterocycles. The van der Waals surface area contributed by atoms with Crippen molar-refractivity contribution in [1.82, 2.24) is 20.1 Å². The Bertz CT molecular complexity index is 781. The van der Waals surface area contributed by atoms with Crippen LogP contribution in [0.25, 0.3) is 11.5 Å². The quantitative estimate of drug-likeness (QED) is 0.708. The summed E-state index contributed by atoms with van der Waals surface area (Å²) >= 11 is 1.73. The zero-order valence-corrected chi connectivity index (χ0v) is 14.6. The highest BCUT2D eigenvalue weighted by Crippen LogP contribution is 2.27. The van der Waals surface area contributed by atoms with Crippen molar-refractivity contribution >= 4 is 11.3 Å². The predicted octanol–water partition coefficient (Wildman–Crippen LogP) is 4.00. The molecule has 3 aromatic rings. The van der Waals surface area contributed by atoms with Crippen LogP contribution in [0.3, 0.4) is 0 Å². The molecule has 0 radical (unpaired) electrons. The fourth-order valence-electron chi connectivity index (χ4n) is 2.51. The Morgan fingerprint density at radius 2 is 1.91 bits per heavy atom. The predicted molar refractivity (Wildman–Crippen MR) is 91.2 cm³/mol. The lowest BCUT2D eigenvalue weighted by molar-refractivity contribution is 0.225. The molecule has 0 saturated heterocycles. The molecule has 0 aliphatic rings. The first-order valence-electron chi connectivity index (χ1n) is 7.56. The van der Waals surface area contributed by atoms with Crippen molar-refractivity contribution in [1.29, 1.82) is 0 Å². The Labute approximate surface area is 140 Å². The van der Waals surface area contributed by atoms with E-state index in [0.29, 0.717) is 18.3 Å². The van der Waals surface area contributed by atoms with Crippen molar-refractivity contribution in [3.8, 4) is 11.5 Å². The van der Waals surface area contributed by atoms with Crippen molar-refractivity contribution < 1.29 is 4.42 Å². The Balaban J connectivity index is 1.72. The fourth-order valence-corrected chi connectivity index (χ4v) is 3.41. The second kappa shape index (κ2) is 6.60. The first-order valence-corrected chi connectivity index (χ1v) is 8.38. The Morgan fingerprint density at radius 3 is 2.57 bits per heavy atom. The number of aryl methyl sites for hydroxylation is 2. The Hall–Kier alpha value is -2.05. The van der Waals surface area contributed by atoms with Crippen molar-refractivity contribution in [2.24, 2.45) is 0 Å². The van der Waals surface area contributed by atoms with Crippen LogP contribution < -0.4 is 0 Å². The summed E-state index contributed by atoms with van der Waals surface area (Å²) in [5.74, 6) is 1.17. The molecule has 120 valence electrons. The fraction of sp³-hybridized carbons (Fsp3) is 0.353. The van der Waals surface area contributed by atoms with Gasteiger partial charge in [0.2, 0.25) is 11.8 Å². The van der Waals surface area contributed by atoms with E-state index in [2.05, 4.69) is 33.9 Å². The molecule has 3 rings (SSSR count). The molecule has 0 spiro atoms. The van der Waals surface area contributed by atoms with Gasteiger partial charge in [0.05, 0.1) is 23.3 Å². The van der Waals surface area contributed by atoms with Gasteiger partial charge < -0.3 is 4.42 Å². The molecule has 0 fully saturated rings. The van der Waals surface area contributed by atoms with Crippen LogP contribution in [0.1, 0.15) is 34.4 Å². The highest BCUT2D eigenvalue weighted by Gasteiger charge is 2.20. The van der Waals surface area contributed by atoms with Gasteiger partial charge in [0.1, 0.15) is 0 Å². The second-order valence-electron chi connectivity index (χ2n) is 5.63. The van der Waals surface area contributed by atoms with Gasteiger partial charge in [0.15, 0.2) is 0 Å². The Morgan fingerprint density at radius 1 is 1.17 bits per heavy atom. The van der Waals surface area contributed by atoms with E-state index in [9.17, 15) is 0 Å². The van der Waals surface area contributed by atoms with Crippen LogP contribution in [-0.2, 0) is 6.54 Å². The number of rotatable bonds is 5. The monoisotopic (exact) mass is 328 g/mol. The van der Waals surface area contributed by atoms with Gasteiger partial charge in [-0.3, -0.25) is 4.90 Å². The molecule has 0 saturated carbocycles. The second-order valence-corrected chi connectivity index (χ2v) is 7.04. The smallest absolute Gasteiger partial charge is 0.247 e. The molecule has 0 aliphatic carbocycles. The van der Waals surface area contributed by atoms with Gasteiger partial charge in [-0.05, 0) is 40.0 Å². The minimum absolute atomic E-state index is 0.201. The first kappa shape index (κ1) is 15.8. The van der Waals surface area contributed by atoms with Crippen LogP contribution >= 0.6 is 11.3 Å². The van der Waals surface area contributed by atoms with Crippen LogP contribution in [0.5, 0.6) is 0 Å². The normalized spacial score (nSPS) is 12.7. The van der Waals surface area contributed by atoms with E-state index in [4.69, 9.17) is 4.42 Å². The maximum Gasteiger partial charge on any atom is 0.247 e. The summed E-state index contributed by atoms with van der Waals surface area (Å²) in [6.07, 6.45) is 0. The zero-order valence-electron chi connectivity index (χ0n) is 13.8. The molecule has 0 amide bonds. The number of nitrogens with zero attached hydrogens (tertiary/aromatic N) is 4. The molecule has 1 unspecified atom stereocenters. The van der Waals surface area contributed by atoms with Gasteiger partial charge in [-0.25, -0.2) is 4.98 Å². The van der Waals surface area contributed by atoms with Gasteiger partial charge >= 0.3 is 0 Å². The molecule has 2 heterocycles. The molecular formula is C17H20N4OS. The minimum Gasteiger partial charge on any atom is -0.419 e. The number of hydrogen-bond donors (Lipinski definition) is 0. The van der Waals surface area contributed by atoms with Crippen molar-refractivity contribution in [2.45, 2.75) is 33.4 Å². The summed E-state index contributed by atoms with van der Waals surface area (Å²) in [5.41, 5.74) is 2.06. The molecule has 0 N–H and O–H groups in total. The summed E-state index contributed by atoms with van der Waals surface area (Å²) < 4.78 is 5.78. The van der Waals surface area contributed by atoms with E-state index in [1.165, 1.54) is 4.88 Å². The van der Waals surface area contributed by atoms with Crippen molar-refractivity contribution in [3.05, 3.63) is 51.8 Å². The van der Waals surface area contributed by atoms with Crippen LogP contribution in [-0.4, -0.2) is 27.1 Å². The van der Waals surface area contributed by atoms with E-state index >= 15 is 0 Å². The SMILES string of the molecule is Cc1nc(C(C)N(C)Cc2nnc(-c3ccccc3)o2)c(C)s1. The molecule has 2 aromatic heterocycles. The summed E-state index contributed by atoms with van der Waals surface area (Å²) in [4.78, 5) is 8.07. The van der Waals surface area contributed by atoms with Gasteiger partial charge in [-0.15, -0.1) is 21.5 Å². The minimum atomic E-state index is 0.201. The lowest BCUT2D eigenvalue weighted by Gasteiger charge is -2.22. The first-order chi connectivity index (χ1) is 11.0. The highest BCUT2D eigenvalue weighted by molar-refractivity contribution is 7.11. The van der Waals surface area contributed by atoms with Crippen LogP contribution in [0, 0.1) is 13.8 Å². The lowest BCUT2D eigenvalue weighted by atomic mass is 10.2. The number of thiazole rings is 1. The topological polar surface area (TPSA) is 55.1 Å². The van der Waals surface area contributed by atoms with Crippen molar-refractivity contribution in [3.63, 3.8) is 0 Å². The molecule has 5 nitrogen and oxygen atoms in total. The average Bonchev–Trinajstić information content (AvgIpc) is 3.13. The number of aromatic nitrogens is 3. The standard InChI is InChI=1S/C17H20N4OS/c1-11(16-12(2)23-13(3)18-16)21(4)10-15-19-20-17(22-15)14-8-6-5-7-9-14/h5-9,11H,10H2,1-4H3. The largest absolute Gasteiger partial charge is 0.419 e. The molecule has 1 atom stereocenters. The summed E-state index contributed by atoms with van der Waals surface area (Å²) in [5, 5.41) is 9.40. The number of benzene rings is 1. The summed E-state index contributed by atoms with van der Waals surface area (Å²) in [7, 11) is 2.05. The summed E-state index contributed by atoms with van der Waals surface area (Å²) in [6.45, 7) is 6.90. The highest BCUT2D eigenvalue weighted by atomic mass is 32.1. The van der Waals surface area contributed by atoms with Crippen LogP contribution in [0.4, 0.5) is 0 Å². The van der Waals surface area contributed by atoms with Gasteiger partial charge in [0.25, 0.3) is 0 Å². The van der Waals surface area contributed by atoms with E-state index in [1.807, 2.05) is 44.3 Å². The van der Waals surface area contributed by atoms with Crippen molar-refractivity contribution in [2.75, 3.05) is 7.05 Å². The molecule has 6 heteroatoms. The van der Waals surface area contributed by atoms with E-state index in [1.54, 1.807) is 11.3 Å². The van der Waals surface area contributed by atoms with E-state index in [-0.39, 0.29) is 6.04 Å². The number of hydrogen-bond acceptors (Lipinski definition) is 6. The molecule has 1 aromatic carbocycles. The molecule has 23 heavy (non-hydrogen) atoms. The van der Waals surface area contributed by atoms with E-state index in [0.717, 1.165) is 16.3 Å². The van der Waals surface area contributed by atoms with Crippen LogP contribution in [0.2, 0.25) is 0 Å².